The second kappa shape index (κ2) is 9.49. The topological polar surface area (TPSA) is 65.7 Å². The molecular formula is C19H25ClF3N5O. The van der Waals surface area contributed by atoms with Gasteiger partial charge in [0.25, 0.3) is 0 Å². The van der Waals surface area contributed by atoms with Gasteiger partial charge >= 0.3 is 6.18 Å². The molecule has 2 N–H and O–H groups in total. The molecule has 6 nitrogen and oxygen atoms in total. The fraction of sp³-hybridized carbons (Fsp3) is 0.474. The Bertz CT molecular complexity index is 839. The van der Waals surface area contributed by atoms with Crippen molar-refractivity contribution in [3.05, 3.63) is 53.1 Å². The largest absolute Gasteiger partial charge is 0.424 e. The predicted octanol–water partition coefficient (Wildman–Crippen LogP) is 3.31. The minimum Gasteiger partial charge on any atom is -0.374 e. The van der Waals surface area contributed by atoms with Crippen LogP contribution in [0.5, 0.6) is 0 Å². The maximum absolute atomic E-state index is 13.6. The highest BCUT2D eigenvalue weighted by atomic mass is 35.5. The number of guanidine groups is 1. The van der Waals surface area contributed by atoms with Crippen LogP contribution in [0, 0.1) is 0 Å². The van der Waals surface area contributed by atoms with E-state index < -0.39 is 24.0 Å². The monoisotopic (exact) mass is 431 g/mol. The first-order valence-electron chi connectivity index (χ1n) is 9.09. The lowest BCUT2D eigenvalue weighted by Crippen LogP contribution is -2.45. The van der Waals surface area contributed by atoms with Crippen molar-refractivity contribution in [1.82, 2.24) is 19.8 Å². The Labute approximate surface area is 173 Å². The van der Waals surface area contributed by atoms with Gasteiger partial charge in [0.15, 0.2) is 5.96 Å². The van der Waals surface area contributed by atoms with Crippen LogP contribution in [0.15, 0.2) is 41.7 Å². The zero-order chi connectivity index (χ0) is 21.7. The molecule has 2 aromatic rings. The number of aromatic nitrogens is 2. The third-order valence-corrected chi connectivity index (χ3v) is 4.64. The number of aliphatic imine (C=N–C) groups is 1. The molecule has 29 heavy (non-hydrogen) atoms. The predicted molar refractivity (Wildman–Crippen MR) is 107 cm³/mol. The van der Waals surface area contributed by atoms with E-state index in [2.05, 4.69) is 15.3 Å². The summed E-state index contributed by atoms with van der Waals surface area (Å²) in [6.45, 7) is 2.63. The van der Waals surface area contributed by atoms with E-state index in [0.717, 1.165) is 10.1 Å². The fourth-order valence-electron chi connectivity index (χ4n) is 2.92. The maximum Gasteiger partial charge on any atom is 0.424 e. The summed E-state index contributed by atoms with van der Waals surface area (Å²) in [7, 11) is 3.18. The molecule has 0 aliphatic heterocycles. The van der Waals surface area contributed by atoms with Crippen LogP contribution in [0.3, 0.4) is 0 Å². The molecule has 160 valence electrons. The maximum atomic E-state index is 13.6. The van der Waals surface area contributed by atoms with Gasteiger partial charge in [-0.05, 0) is 24.6 Å². The van der Waals surface area contributed by atoms with Crippen molar-refractivity contribution in [3.63, 3.8) is 0 Å². The Morgan fingerprint density at radius 1 is 1.38 bits per heavy atom. The molecule has 0 aliphatic carbocycles. The lowest BCUT2D eigenvalue weighted by molar-refractivity contribution is -0.272. The highest BCUT2D eigenvalue weighted by Gasteiger charge is 2.57. The summed E-state index contributed by atoms with van der Waals surface area (Å²) in [5.74, 6) is -0.0330. The molecular weight excluding hydrogens is 407 g/mol. The average Bonchev–Trinajstić information content (AvgIpc) is 3.06. The number of halogens is 4. The molecule has 1 heterocycles. The van der Waals surface area contributed by atoms with Gasteiger partial charge in [-0.25, -0.2) is 4.98 Å². The number of benzene rings is 1. The van der Waals surface area contributed by atoms with Gasteiger partial charge in [-0.1, -0.05) is 23.7 Å². The summed E-state index contributed by atoms with van der Waals surface area (Å²) >= 11 is 6.00. The van der Waals surface area contributed by atoms with Crippen molar-refractivity contribution in [3.8, 4) is 0 Å². The third kappa shape index (κ3) is 5.63. The van der Waals surface area contributed by atoms with Crippen LogP contribution in [0.2, 0.25) is 5.02 Å². The molecule has 0 saturated carbocycles. The molecule has 1 unspecified atom stereocenters. The van der Waals surface area contributed by atoms with Crippen LogP contribution in [-0.4, -0.2) is 51.8 Å². The lowest BCUT2D eigenvalue weighted by atomic mass is 9.98. The van der Waals surface area contributed by atoms with Crippen LogP contribution in [0.1, 0.15) is 24.7 Å². The van der Waals surface area contributed by atoms with Gasteiger partial charge in [0, 0.05) is 57.6 Å². The number of aryl methyl sites for hydroxylation is 1. The fourth-order valence-corrected chi connectivity index (χ4v) is 3.13. The van der Waals surface area contributed by atoms with E-state index in [0.29, 0.717) is 24.1 Å². The van der Waals surface area contributed by atoms with Gasteiger partial charge in [0.1, 0.15) is 5.82 Å². The molecule has 0 saturated heterocycles. The summed E-state index contributed by atoms with van der Waals surface area (Å²) in [5.41, 5.74) is -2.15. The summed E-state index contributed by atoms with van der Waals surface area (Å²) in [4.78, 5) is 9.75. The van der Waals surface area contributed by atoms with Gasteiger partial charge in [-0.2, -0.15) is 13.2 Å². The smallest absolute Gasteiger partial charge is 0.374 e. The Kier molecular flexibility index (Phi) is 7.54. The van der Waals surface area contributed by atoms with Gasteiger partial charge in [-0.3, -0.25) is 4.99 Å². The van der Waals surface area contributed by atoms with Crippen molar-refractivity contribution in [2.75, 3.05) is 20.1 Å². The highest BCUT2D eigenvalue weighted by molar-refractivity contribution is 6.30. The van der Waals surface area contributed by atoms with E-state index in [1.807, 2.05) is 25.1 Å². The molecule has 2 rings (SSSR count). The number of aliphatic hydroxyl groups is 1. The highest BCUT2D eigenvalue weighted by Crippen LogP contribution is 2.40. The number of nitrogens with one attached hydrogen (secondary N) is 1. The van der Waals surface area contributed by atoms with Crippen LogP contribution in [0.4, 0.5) is 13.2 Å². The van der Waals surface area contributed by atoms with Crippen molar-refractivity contribution in [2.24, 2.45) is 12.0 Å². The standard InChI is InChI=1S/C19H25ClF3N5O/c1-4-24-17(28(3)13-14-6-5-7-15(20)12-14)26-9-8-18(29,19(21,22)23)16-25-10-11-27(16)2/h5-7,10-12,29H,4,8-9,13H2,1-3H3,(H,24,26). The van der Waals surface area contributed by atoms with Crippen molar-refractivity contribution < 1.29 is 18.3 Å². The minimum absolute atomic E-state index is 0.245. The zero-order valence-corrected chi connectivity index (χ0v) is 17.3. The molecule has 0 radical (unpaired) electrons. The third-order valence-electron chi connectivity index (χ3n) is 4.40. The molecule has 1 aromatic heterocycles. The van der Waals surface area contributed by atoms with Crippen molar-refractivity contribution >= 4 is 17.6 Å². The second-order valence-corrected chi connectivity index (χ2v) is 7.13. The van der Waals surface area contributed by atoms with Crippen molar-refractivity contribution in [2.45, 2.75) is 31.7 Å². The summed E-state index contributed by atoms with van der Waals surface area (Å²) in [5, 5.41) is 14.1. The molecule has 0 spiro atoms. The van der Waals surface area contributed by atoms with E-state index in [1.165, 1.54) is 19.4 Å². The molecule has 1 aromatic carbocycles. The zero-order valence-electron chi connectivity index (χ0n) is 16.5. The van der Waals surface area contributed by atoms with Gasteiger partial charge in [0.05, 0.1) is 0 Å². The number of rotatable bonds is 7. The Morgan fingerprint density at radius 2 is 2.10 bits per heavy atom. The first-order valence-corrected chi connectivity index (χ1v) is 9.47. The quantitative estimate of drug-likeness (QED) is 0.521. The average molecular weight is 432 g/mol. The normalized spacial score (nSPS) is 14.6. The van der Waals surface area contributed by atoms with E-state index in [1.54, 1.807) is 18.0 Å². The molecule has 0 bridgehead atoms. The van der Waals surface area contributed by atoms with E-state index in [-0.39, 0.29) is 6.54 Å². The number of alkyl halides is 3. The Hall–Kier alpha value is -2.26. The van der Waals surface area contributed by atoms with Crippen LogP contribution < -0.4 is 5.32 Å². The van der Waals surface area contributed by atoms with E-state index in [9.17, 15) is 18.3 Å². The van der Waals surface area contributed by atoms with Crippen LogP contribution >= 0.6 is 11.6 Å². The molecule has 0 fully saturated rings. The van der Waals surface area contributed by atoms with Crippen molar-refractivity contribution in [1.29, 1.82) is 0 Å². The summed E-state index contributed by atoms with van der Waals surface area (Å²) < 4.78 is 42.0. The number of hydrogen-bond donors (Lipinski definition) is 2. The summed E-state index contributed by atoms with van der Waals surface area (Å²) in [6, 6.07) is 7.30. The van der Waals surface area contributed by atoms with Gasteiger partial charge < -0.3 is 19.9 Å². The Balaban J connectivity index is 2.17. The van der Waals surface area contributed by atoms with Crippen LogP contribution in [0.25, 0.3) is 0 Å². The molecule has 10 heteroatoms. The SMILES string of the molecule is CCNC(=NCCC(O)(c1nccn1C)C(F)(F)F)N(C)Cc1cccc(Cl)c1. The first-order chi connectivity index (χ1) is 13.6. The van der Waals surface area contributed by atoms with E-state index >= 15 is 0 Å². The second-order valence-electron chi connectivity index (χ2n) is 6.69. The van der Waals surface area contributed by atoms with Crippen LogP contribution in [-0.2, 0) is 19.2 Å². The molecule has 1 atom stereocenters. The lowest BCUT2D eigenvalue weighted by Gasteiger charge is -2.29. The van der Waals surface area contributed by atoms with Gasteiger partial charge in [0.2, 0.25) is 5.60 Å². The molecule has 0 amide bonds. The first kappa shape index (κ1) is 23.0. The van der Waals surface area contributed by atoms with Gasteiger partial charge in [-0.15, -0.1) is 0 Å². The Morgan fingerprint density at radius 3 is 2.66 bits per heavy atom. The summed E-state index contributed by atoms with van der Waals surface area (Å²) in [6.07, 6.45) is -2.95. The number of nitrogens with zero attached hydrogens (tertiary/aromatic N) is 4. The minimum atomic E-state index is -4.88. The van der Waals surface area contributed by atoms with E-state index in [4.69, 9.17) is 11.6 Å². The number of imidazole rings is 1. The molecule has 0 aliphatic rings. The number of hydrogen-bond acceptors (Lipinski definition) is 3.